The average Bonchev–Trinajstić information content (AvgIpc) is 2.89. The van der Waals surface area contributed by atoms with Gasteiger partial charge in [-0.1, -0.05) is 24.3 Å². The number of carbonyl (C=O) groups excluding carboxylic acids is 1. The van der Waals surface area contributed by atoms with Crippen molar-refractivity contribution in [3.05, 3.63) is 62.5 Å². The maximum atomic E-state index is 12.9. The molecule has 0 spiro atoms. The molecule has 2 heterocycles. The van der Waals surface area contributed by atoms with E-state index in [9.17, 15) is 9.59 Å². The molecule has 0 radical (unpaired) electrons. The molecule has 6 heteroatoms. The van der Waals surface area contributed by atoms with Gasteiger partial charge in [0.1, 0.15) is 9.71 Å². The Balaban J connectivity index is 2.05. The van der Waals surface area contributed by atoms with E-state index in [1.807, 2.05) is 31.2 Å². The highest BCUT2D eigenvalue weighted by Crippen LogP contribution is 2.27. The van der Waals surface area contributed by atoms with Crippen LogP contribution in [0.4, 0.5) is 0 Å². The third-order valence-corrected chi connectivity index (χ3v) is 5.23. The van der Waals surface area contributed by atoms with Crippen LogP contribution in [-0.2, 0) is 11.3 Å². The summed E-state index contributed by atoms with van der Waals surface area (Å²) >= 11 is 1.21. The van der Waals surface area contributed by atoms with Crippen molar-refractivity contribution in [3.63, 3.8) is 0 Å². The highest BCUT2D eigenvalue weighted by atomic mass is 32.1. The minimum Gasteiger partial charge on any atom is -0.459 e. The Morgan fingerprint density at radius 2 is 2.00 bits per heavy atom. The summed E-state index contributed by atoms with van der Waals surface area (Å²) in [6.07, 6.45) is 1.34. The molecule has 3 rings (SSSR count). The summed E-state index contributed by atoms with van der Waals surface area (Å²) in [7, 11) is 0. The van der Waals surface area contributed by atoms with E-state index in [1.165, 1.54) is 11.3 Å². The highest BCUT2D eigenvalue weighted by Gasteiger charge is 2.21. The number of benzene rings is 1. The third-order valence-electron chi connectivity index (χ3n) is 4.05. The Labute approximate surface area is 149 Å². The smallest absolute Gasteiger partial charge is 0.348 e. The fraction of sp³-hybridized carbons (Fsp3) is 0.316. The molecule has 0 bridgehead atoms. The van der Waals surface area contributed by atoms with Crippen molar-refractivity contribution < 1.29 is 9.53 Å². The number of thiophene rings is 1. The van der Waals surface area contributed by atoms with Gasteiger partial charge in [0.2, 0.25) is 0 Å². The molecule has 0 fully saturated rings. The van der Waals surface area contributed by atoms with Gasteiger partial charge in [0, 0.05) is 0 Å². The van der Waals surface area contributed by atoms with Crippen molar-refractivity contribution in [2.45, 2.75) is 40.3 Å². The fourth-order valence-corrected chi connectivity index (χ4v) is 3.73. The van der Waals surface area contributed by atoms with Crippen LogP contribution in [-0.4, -0.2) is 21.6 Å². The molecule has 0 N–H and O–H groups in total. The van der Waals surface area contributed by atoms with Gasteiger partial charge in [-0.15, -0.1) is 11.3 Å². The normalized spacial score (nSPS) is 11.2. The van der Waals surface area contributed by atoms with Crippen LogP contribution in [0.1, 0.15) is 40.2 Å². The number of fused-ring (bicyclic) bond motifs is 1. The molecule has 0 aliphatic heterocycles. The Hall–Kier alpha value is -2.47. The van der Waals surface area contributed by atoms with Gasteiger partial charge in [0.15, 0.2) is 0 Å². The minimum absolute atomic E-state index is 0.134. The lowest BCUT2D eigenvalue weighted by Gasteiger charge is -2.08. The van der Waals surface area contributed by atoms with Crippen molar-refractivity contribution in [2.24, 2.45) is 0 Å². The summed E-state index contributed by atoms with van der Waals surface area (Å²) in [5.41, 5.74) is 2.70. The van der Waals surface area contributed by atoms with Crippen molar-refractivity contribution in [1.29, 1.82) is 0 Å². The van der Waals surface area contributed by atoms with E-state index < -0.39 is 5.97 Å². The first-order valence-electron chi connectivity index (χ1n) is 8.12. The second-order valence-corrected chi connectivity index (χ2v) is 7.29. The first kappa shape index (κ1) is 17.4. The number of rotatable bonds is 4. The number of hydrogen-bond acceptors (Lipinski definition) is 5. The SMILES string of the molecule is Cc1ccccc1Cn1cnc2sc(C(=O)OC(C)C)c(C)c2c1=O. The lowest BCUT2D eigenvalue weighted by atomic mass is 10.1. The Bertz CT molecular complexity index is 1000. The van der Waals surface area contributed by atoms with Gasteiger partial charge in [-0.2, -0.15) is 0 Å². The molecule has 0 amide bonds. The topological polar surface area (TPSA) is 61.2 Å². The van der Waals surface area contributed by atoms with Crippen molar-refractivity contribution in [1.82, 2.24) is 9.55 Å². The van der Waals surface area contributed by atoms with Gasteiger partial charge in [0.05, 0.1) is 24.4 Å². The molecular weight excluding hydrogens is 336 g/mol. The van der Waals surface area contributed by atoms with Crippen molar-refractivity contribution >= 4 is 27.5 Å². The van der Waals surface area contributed by atoms with E-state index in [-0.39, 0.29) is 11.7 Å². The monoisotopic (exact) mass is 356 g/mol. The molecular formula is C19H20N2O3S. The standard InChI is InChI=1S/C19H20N2O3S/c1-11(2)24-19(23)16-13(4)15-17(25-16)20-10-21(18(15)22)9-14-8-6-5-7-12(14)3/h5-8,10-11H,9H2,1-4H3. The van der Waals surface area contributed by atoms with Crippen LogP contribution >= 0.6 is 11.3 Å². The largest absolute Gasteiger partial charge is 0.459 e. The quantitative estimate of drug-likeness (QED) is 0.669. The summed E-state index contributed by atoms with van der Waals surface area (Å²) in [6.45, 7) is 7.84. The van der Waals surface area contributed by atoms with E-state index in [4.69, 9.17) is 4.74 Å². The number of esters is 1. The van der Waals surface area contributed by atoms with E-state index in [2.05, 4.69) is 4.98 Å². The molecule has 130 valence electrons. The Morgan fingerprint density at radius 3 is 2.68 bits per heavy atom. The van der Waals surface area contributed by atoms with Crippen LogP contribution in [0.5, 0.6) is 0 Å². The van der Waals surface area contributed by atoms with Crippen LogP contribution in [0.2, 0.25) is 0 Å². The van der Waals surface area contributed by atoms with Gasteiger partial charge in [-0.3, -0.25) is 9.36 Å². The van der Waals surface area contributed by atoms with Gasteiger partial charge in [-0.25, -0.2) is 9.78 Å². The van der Waals surface area contributed by atoms with Crippen molar-refractivity contribution in [2.75, 3.05) is 0 Å². The van der Waals surface area contributed by atoms with Crippen LogP contribution in [0.25, 0.3) is 10.2 Å². The number of aryl methyl sites for hydroxylation is 2. The number of hydrogen-bond donors (Lipinski definition) is 0. The third kappa shape index (κ3) is 3.35. The molecule has 3 aromatic rings. The van der Waals surface area contributed by atoms with E-state index in [0.29, 0.717) is 27.2 Å². The molecule has 0 saturated carbocycles. The molecule has 0 aliphatic carbocycles. The summed E-state index contributed by atoms with van der Waals surface area (Å²) < 4.78 is 6.85. The fourth-order valence-electron chi connectivity index (χ4n) is 2.71. The number of aromatic nitrogens is 2. The molecule has 1 aromatic carbocycles. The highest BCUT2D eigenvalue weighted by molar-refractivity contribution is 7.20. The number of ether oxygens (including phenoxy) is 1. The van der Waals surface area contributed by atoms with Crippen LogP contribution in [0, 0.1) is 13.8 Å². The molecule has 0 unspecified atom stereocenters. The van der Waals surface area contributed by atoms with Crippen LogP contribution in [0.3, 0.4) is 0 Å². The second kappa shape index (κ2) is 6.80. The average molecular weight is 356 g/mol. The Morgan fingerprint density at radius 1 is 1.28 bits per heavy atom. The van der Waals surface area contributed by atoms with Gasteiger partial charge >= 0.3 is 5.97 Å². The maximum Gasteiger partial charge on any atom is 0.348 e. The number of nitrogens with zero attached hydrogens (tertiary/aromatic N) is 2. The van der Waals surface area contributed by atoms with Crippen molar-refractivity contribution in [3.8, 4) is 0 Å². The van der Waals surface area contributed by atoms with Crippen LogP contribution in [0.15, 0.2) is 35.4 Å². The Kier molecular flexibility index (Phi) is 4.72. The molecule has 0 saturated heterocycles. The molecule has 25 heavy (non-hydrogen) atoms. The zero-order valence-corrected chi connectivity index (χ0v) is 15.5. The van der Waals surface area contributed by atoms with E-state index >= 15 is 0 Å². The minimum atomic E-state index is -0.402. The lowest BCUT2D eigenvalue weighted by Crippen LogP contribution is -2.21. The summed E-state index contributed by atoms with van der Waals surface area (Å²) in [5, 5.41) is 0.497. The van der Waals surface area contributed by atoms with Gasteiger partial charge < -0.3 is 4.74 Å². The molecule has 2 aromatic heterocycles. The first-order valence-corrected chi connectivity index (χ1v) is 8.94. The summed E-state index contributed by atoms with van der Waals surface area (Å²) in [4.78, 5) is 30.5. The van der Waals surface area contributed by atoms with Gasteiger partial charge in [-0.05, 0) is 44.4 Å². The second-order valence-electron chi connectivity index (χ2n) is 6.29. The zero-order valence-electron chi connectivity index (χ0n) is 14.7. The van der Waals surface area contributed by atoms with E-state index in [1.54, 1.807) is 31.7 Å². The van der Waals surface area contributed by atoms with Crippen LogP contribution < -0.4 is 5.56 Å². The summed E-state index contributed by atoms with van der Waals surface area (Å²) in [6, 6.07) is 7.94. The first-order chi connectivity index (χ1) is 11.9. The lowest BCUT2D eigenvalue weighted by molar-refractivity contribution is 0.0383. The molecule has 0 aliphatic rings. The predicted octanol–water partition coefficient (Wildman–Crippen LogP) is 3.69. The summed E-state index contributed by atoms with van der Waals surface area (Å²) in [5.74, 6) is -0.402. The van der Waals surface area contributed by atoms with Gasteiger partial charge in [0.25, 0.3) is 5.56 Å². The molecule has 5 nitrogen and oxygen atoms in total. The zero-order chi connectivity index (χ0) is 18.1. The predicted molar refractivity (Wildman–Crippen MR) is 99.4 cm³/mol. The number of carbonyl (C=O) groups is 1. The molecule has 0 atom stereocenters. The maximum absolute atomic E-state index is 12.9. The van der Waals surface area contributed by atoms with E-state index in [0.717, 1.165) is 11.1 Å².